The van der Waals surface area contributed by atoms with Gasteiger partial charge in [-0.05, 0) is 50.1 Å². The third-order valence-electron chi connectivity index (χ3n) is 3.59. The minimum absolute atomic E-state index is 0.253. The summed E-state index contributed by atoms with van der Waals surface area (Å²) in [6.07, 6.45) is 1.56. The van der Waals surface area contributed by atoms with E-state index in [1.807, 2.05) is 13.8 Å². The lowest BCUT2D eigenvalue weighted by molar-refractivity contribution is 0.458. The number of rotatable bonds is 4. The Labute approximate surface area is 125 Å². The van der Waals surface area contributed by atoms with Crippen LogP contribution < -0.4 is 5.73 Å². The first-order chi connectivity index (χ1) is 9.73. The maximum atomic E-state index is 12.7. The Morgan fingerprint density at radius 1 is 1.24 bits per heavy atom. The molecule has 1 heterocycles. The molecule has 6 heteroatoms. The van der Waals surface area contributed by atoms with E-state index >= 15 is 0 Å². The summed E-state index contributed by atoms with van der Waals surface area (Å²) >= 11 is 0. The van der Waals surface area contributed by atoms with Crippen molar-refractivity contribution in [3.63, 3.8) is 0 Å². The molecule has 2 N–H and O–H groups in total. The highest BCUT2D eigenvalue weighted by Gasteiger charge is 2.25. The van der Waals surface area contributed by atoms with Gasteiger partial charge in [-0.25, -0.2) is 8.42 Å². The summed E-state index contributed by atoms with van der Waals surface area (Å²) in [4.78, 5) is 0.253. The fraction of sp³-hybridized carbons (Fsp3) is 0.333. The molecule has 0 fully saturated rings. The molecule has 0 aliphatic carbocycles. The zero-order valence-corrected chi connectivity index (χ0v) is 13.5. The lowest BCUT2D eigenvalue weighted by atomic mass is 10.1. The van der Waals surface area contributed by atoms with Crippen molar-refractivity contribution in [2.75, 3.05) is 12.8 Å². The molecule has 21 heavy (non-hydrogen) atoms. The Morgan fingerprint density at radius 3 is 2.48 bits per heavy atom. The van der Waals surface area contributed by atoms with Gasteiger partial charge in [-0.2, -0.15) is 4.31 Å². The molecular formula is C15H20N2O3S. The molecular weight excluding hydrogens is 288 g/mol. The average molecular weight is 308 g/mol. The number of anilines is 1. The standard InChI is InChI=1S/C15H20N2O3S/c1-10-7-14(16)11(2)15(8-10)21(18,19)17(4)9-13-5-6-20-12(13)3/h5-8H,9,16H2,1-4H3. The van der Waals surface area contributed by atoms with Crippen LogP contribution in [-0.4, -0.2) is 19.8 Å². The van der Waals surface area contributed by atoms with Crippen molar-refractivity contribution in [2.45, 2.75) is 32.2 Å². The van der Waals surface area contributed by atoms with Crippen LogP contribution in [-0.2, 0) is 16.6 Å². The molecule has 0 aliphatic rings. The Balaban J connectivity index is 2.40. The second-order valence-electron chi connectivity index (χ2n) is 5.24. The minimum Gasteiger partial charge on any atom is -0.469 e. The third-order valence-corrected chi connectivity index (χ3v) is 5.52. The maximum Gasteiger partial charge on any atom is 0.243 e. The maximum absolute atomic E-state index is 12.7. The summed E-state index contributed by atoms with van der Waals surface area (Å²) in [5.41, 5.74) is 8.62. The summed E-state index contributed by atoms with van der Waals surface area (Å²) in [5, 5.41) is 0. The quantitative estimate of drug-likeness (QED) is 0.881. The van der Waals surface area contributed by atoms with Crippen molar-refractivity contribution in [3.8, 4) is 0 Å². The van der Waals surface area contributed by atoms with Gasteiger partial charge in [0.2, 0.25) is 10.0 Å². The van der Waals surface area contributed by atoms with Crippen molar-refractivity contribution in [1.82, 2.24) is 4.31 Å². The molecule has 114 valence electrons. The van der Waals surface area contributed by atoms with Crippen LogP contribution in [0.15, 0.2) is 33.8 Å². The van der Waals surface area contributed by atoms with Gasteiger partial charge in [-0.15, -0.1) is 0 Å². The van der Waals surface area contributed by atoms with Gasteiger partial charge in [0.15, 0.2) is 0 Å². The van der Waals surface area contributed by atoms with Crippen LogP contribution >= 0.6 is 0 Å². The number of benzene rings is 1. The fourth-order valence-corrected chi connectivity index (χ4v) is 3.67. The smallest absolute Gasteiger partial charge is 0.243 e. The Hall–Kier alpha value is -1.79. The monoisotopic (exact) mass is 308 g/mol. The number of nitrogens with two attached hydrogens (primary N) is 1. The number of hydrogen-bond donors (Lipinski definition) is 1. The van der Waals surface area contributed by atoms with Crippen molar-refractivity contribution in [1.29, 1.82) is 0 Å². The first-order valence-corrected chi connectivity index (χ1v) is 8.03. The van der Waals surface area contributed by atoms with Crippen LogP contribution in [0.5, 0.6) is 0 Å². The number of hydrogen-bond acceptors (Lipinski definition) is 4. The van der Waals surface area contributed by atoms with E-state index in [-0.39, 0.29) is 11.4 Å². The van der Waals surface area contributed by atoms with E-state index < -0.39 is 10.0 Å². The zero-order valence-electron chi connectivity index (χ0n) is 12.7. The van der Waals surface area contributed by atoms with E-state index in [0.717, 1.165) is 16.9 Å². The summed E-state index contributed by atoms with van der Waals surface area (Å²) in [6, 6.07) is 5.20. The van der Waals surface area contributed by atoms with Gasteiger partial charge >= 0.3 is 0 Å². The van der Waals surface area contributed by atoms with Gasteiger partial charge in [0.05, 0.1) is 11.2 Å². The molecule has 0 bridgehead atoms. The van der Waals surface area contributed by atoms with E-state index in [4.69, 9.17) is 10.2 Å². The molecule has 5 nitrogen and oxygen atoms in total. The number of aryl methyl sites for hydroxylation is 2. The molecule has 1 aromatic heterocycles. The number of sulfonamides is 1. The lowest BCUT2D eigenvalue weighted by Gasteiger charge is -2.19. The minimum atomic E-state index is -3.60. The molecule has 0 atom stereocenters. The molecule has 0 radical (unpaired) electrons. The van der Waals surface area contributed by atoms with E-state index in [2.05, 4.69) is 0 Å². The molecule has 0 saturated carbocycles. The van der Waals surface area contributed by atoms with Crippen LogP contribution in [0.2, 0.25) is 0 Å². The van der Waals surface area contributed by atoms with Crippen molar-refractivity contribution >= 4 is 15.7 Å². The molecule has 0 aliphatic heterocycles. The summed E-state index contributed by atoms with van der Waals surface area (Å²) in [7, 11) is -2.04. The highest BCUT2D eigenvalue weighted by atomic mass is 32.2. The summed E-state index contributed by atoms with van der Waals surface area (Å²) < 4.78 is 32.0. The molecule has 2 aromatic rings. The van der Waals surface area contributed by atoms with Gasteiger partial charge in [0, 0.05) is 24.8 Å². The van der Waals surface area contributed by atoms with E-state index in [1.54, 1.807) is 38.4 Å². The SMILES string of the molecule is Cc1cc(N)c(C)c(S(=O)(=O)N(C)Cc2ccoc2C)c1. The first kappa shape index (κ1) is 15.6. The molecule has 1 aromatic carbocycles. The second-order valence-corrected chi connectivity index (χ2v) is 7.25. The molecule has 0 spiro atoms. The van der Waals surface area contributed by atoms with Crippen LogP contribution in [0.4, 0.5) is 5.69 Å². The van der Waals surface area contributed by atoms with Gasteiger partial charge in [-0.1, -0.05) is 0 Å². The lowest BCUT2D eigenvalue weighted by Crippen LogP contribution is -2.27. The summed E-state index contributed by atoms with van der Waals surface area (Å²) in [5.74, 6) is 0.720. The fourth-order valence-electron chi connectivity index (χ4n) is 2.19. The van der Waals surface area contributed by atoms with Gasteiger partial charge in [0.25, 0.3) is 0 Å². The number of nitrogen functional groups attached to an aromatic ring is 1. The highest BCUT2D eigenvalue weighted by Crippen LogP contribution is 2.26. The van der Waals surface area contributed by atoms with Crippen LogP contribution in [0.3, 0.4) is 0 Å². The first-order valence-electron chi connectivity index (χ1n) is 6.59. The predicted molar refractivity (Wildman–Crippen MR) is 82.4 cm³/mol. The van der Waals surface area contributed by atoms with Gasteiger partial charge < -0.3 is 10.2 Å². The molecule has 0 saturated heterocycles. The van der Waals surface area contributed by atoms with Crippen LogP contribution in [0, 0.1) is 20.8 Å². The van der Waals surface area contributed by atoms with Gasteiger partial charge in [-0.3, -0.25) is 0 Å². The highest BCUT2D eigenvalue weighted by molar-refractivity contribution is 7.89. The normalized spacial score (nSPS) is 12.0. The largest absolute Gasteiger partial charge is 0.469 e. The average Bonchev–Trinajstić information content (AvgIpc) is 2.79. The second kappa shape index (κ2) is 5.54. The third kappa shape index (κ3) is 2.96. The van der Waals surface area contributed by atoms with Crippen molar-refractivity contribution < 1.29 is 12.8 Å². The zero-order chi connectivity index (χ0) is 15.8. The summed E-state index contributed by atoms with van der Waals surface area (Å²) in [6.45, 7) is 5.62. The molecule has 2 rings (SSSR count). The Kier molecular flexibility index (Phi) is 4.11. The van der Waals surface area contributed by atoms with Crippen molar-refractivity contribution in [3.05, 3.63) is 46.9 Å². The van der Waals surface area contributed by atoms with E-state index in [0.29, 0.717) is 11.3 Å². The Morgan fingerprint density at radius 2 is 1.90 bits per heavy atom. The van der Waals surface area contributed by atoms with E-state index in [1.165, 1.54) is 4.31 Å². The number of nitrogens with zero attached hydrogens (tertiary/aromatic N) is 1. The van der Waals surface area contributed by atoms with Crippen molar-refractivity contribution in [2.24, 2.45) is 0 Å². The number of furan rings is 1. The van der Waals surface area contributed by atoms with Crippen LogP contribution in [0.1, 0.15) is 22.5 Å². The van der Waals surface area contributed by atoms with Crippen LogP contribution in [0.25, 0.3) is 0 Å². The topological polar surface area (TPSA) is 76.5 Å². The van der Waals surface area contributed by atoms with E-state index in [9.17, 15) is 8.42 Å². The predicted octanol–water partition coefficient (Wildman–Crippen LogP) is 2.61. The molecule has 0 amide bonds. The Bertz CT molecular complexity index is 763. The van der Waals surface area contributed by atoms with Gasteiger partial charge in [0.1, 0.15) is 5.76 Å². The molecule has 0 unspecified atom stereocenters.